The van der Waals surface area contributed by atoms with Crippen LogP contribution in [0.5, 0.6) is 0 Å². The summed E-state index contributed by atoms with van der Waals surface area (Å²) in [5, 5.41) is 3.66. The molecule has 0 heterocycles. The van der Waals surface area contributed by atoms with Gasteiger partial charge in [0, 0.05) is 23.0 Å². The number of rotatable bonds is 11. The summed E-state index contributed by atoms with van der Waals surface area (Å²) in [6.07, 6.45) is 0.193. The Morgan fingerprint density at radius 1 is 0.848 bits per heavy atom. The van der Waals surface area contributed by atoms with Crippen molar-refractivity contribution in [1.29, 1.82) is 0 Å². The van der Waals surface area contributed by atoms with Crippen LogP contribution in [0.4, 0.5) is 5.69 Å². The summed E-state index contributed by atoms with van der Waals surface area (Å²) in [5.41, 5.74) is 2.06. The van der Waals surface area contributed by atoms with Gasteiger partial charge >= 0.3 is 0 Å². The SMILES string of the molecule is Cc1ccc(S(=O)(=O)N(CC(=O)N(Cc2ccc(Cl)c(Cl)c2)C(Cc2ccccc2)C(=O)NC(C)(C)C)c2ccc(Br)cc2)cc1. The molecule has 2 amide bonds. The monoisotopic (exact) mass is 743 g/mol. The molecule has 0 radical (unpaired) electrons. The fourth-order valence-corrected chi connectivity index (χ4v) is 6.81. The number of hydrogen-bond donors (Lipinski definition) is 1. The van der Waals surface area contributed by atoms with E-state index in [9.17, 15) is 18.0 Å². The van der Waals surface area contributed by atoms with Crippen LogP contribution in [0.25, 0.3) is 0 Å². The molecule has 4 aromatic carbocycles. The van der Waals surface area contributed by atoms with E-state index in [1.165, 1.54) is 17.0 Å². The van der Waals surface area contributed by atoms with Gasteiger partial charge in [-0.3, -0.25) is 13.9 Å². The molecule has 46 heavy (non-hydrogen) atoms. The zero-order valence-electron chi connectivity index (χ0n) is 26.0. The third-order valence-corrected chi connectivity index (χ3v) is 10.2. The minimum Gasteiger partial charge on any atom is -0.350 e. The smallest absolute Gasteiger partial charge is 0.264 e. The number of hydrogen-bond acceptors (Lipinski definition) is 4. The second kappa shape index (κ2) is 15.0. The van der Waals surface area contributed by atoms with E-state index >= 15 is 0 Å². The molecule has 0 aromatic heterocycles. The van der Waals surface area contributed by atoms with E-state index < -0.39 is 34.1 Å². The highest BCUT2D eigenvalue weighted by Gasteiger charge is 2.35. The van der Waals surface area contributed by atoms with Crippen molar-refractivity contribution in [2.45, 2.75) is 57.1 Å². The molecule has 0 aliphatic rings. The summed E-state index contributed by atoms with van der Waals surface area (Å²) in [6.45, 7) is 6.86. The van der Waals surface area contributed by atoms with E-state index in [0.29, 0.717) is 21.3 Å². The Labute approximate surface area is 289 Å². The van der Waals surface area contributed by atoms with Gasteiger partial charge in [0.15, 0.2) is 0 Å². The average molecular weight is 746 g/mol. The van der Waals surface area contributed by atoms with Crippen molar-refractivity contribution in [3.8, 4) is 0 Å². The molecular formula is C35H36BrCl2N3O4S. The maximum atomic E-state index is 14.6. The minimum atomic E-state index is -4.20. The number of halogens is 3. The Hall–Kier alpha value is -3.37. The van der Waals surface area contributed by atoms with Gasteiger partial charge in [-0.05, 0) is 87.4 Å². The fraction of sp³-hybridized carbons (Fsp3) is 0.257. The van der Waals surface area contributed by atoms with Gasteiger partial charge < -0.3 is 10.2 Å². The maximum Gasteiger partial charge on any atom is 0.264 e. The minimum absolute atomic E-state index is 0.0243. The second-order valence-electron chi connectivity index (χ2n) is 12.0. The van der Waals surface area contributed by atoms with Crippen LogP contribution < -0.4 is 9.62 Å². The second-order valence-corrected chi connectivity index (χ2v) is 15.6. The number of sulfonamides is 1. The van der Waals surface area contributed by atoms with Gasteiger partial charge in [0.05, 0.1) is 20.6 Å². The van der Waals surface area contributed by atoms with Crippen LogP contribution in [-0.4, -0.2) is 43.3 Å². The van der Waals surface area contributed by atoms with Crippen molar-refractivity contribution in [2.24, 2.45) is 0 Å². The molecule has 0 aliphatic heterocycles. The zero-order chi connectivity index (χ0) is 33.6. The van der Waals surface area contributed by atoms with Crippen molar-refractivity contribution < 1.29 is 18.0 Å². The van der Waals surface area contributed by atoms with Gasteiger partial charge in [-0.15, -0.1) is 0 Å². The van der Waals surface area contributed by atoms with Crippen LogP contribution in [0.3, 0.4) is 0 Å². The predicted molar refractivity (Wildman–Crippen MR) is 189 cm³/mol. The standard InChI is InChI=1S/C35H36BrCl2N3O4S/c1-24-10-17-29(18-11-24)46(44,45)41(28-15-13-27(36)14-16-28)23-33(42)40(22-26-12-19-30(37)31(38)20-26)32(34(43)39-35(2,3)4)21-25-8-6-5-7-9-25/h5-20,32H,21-23H2,1-4H3,(H,39,43). The van der Waals surface area contributed by atoms with Crippen LogP contribution in [-0.2, 0) is 32.6 Å². The van der Waals surface area contributed by atoms with Gasteiger partial charge in [0.2, 0.25) is 11.8 Å². The van der Waals surface area contributed by atoms with E-state index in [0.717, 1.165) is 19.9 Å². The molecule has 1 atom stereocenters. The number of anilines is 1. The summed E-state index contributed by atoms with van der Waals surface area (Å²) in [4.78, 5) is 30.0. The molecule has 4 aromatic rings. The summed E-state index contributed by atoms with van der Waals surface area (Å²) in [5.74, 6) is -0.948. The van der Waals surface area contributed by atoms with Crippen LogP contribution in [0.2, 0.25) is 10.0 Å². The van der Waals surface area contributed by atoms with Crippen LogP contribution in [0.1, 0.15) is 37.5 Å². The number of nitrogens with zero attached hydrogens (tertiary/aromatic N) is 2. The highest BCUT2D eigenvalue weighted by molar-refractivity contribution is 9.10. The topological polar surface area (TPSA) is 86.8 Å². The first-order chi connectivity index (χ1) is 21.6. The quantitative estimate of drug-likeness (QED) is 0.170. The van der Waals surface area contributed by atoms with Gasteiger partial charge in [-0.2, -0.15) is 0 Å². The number of benzene rings is 4. The van der Waals surface area contributed by atoms with Crippen LogP contribution in [0, 0.1) is 6.92 Å². The molecule has 242 valence electrons. The molecule has 1 unspecified atom stereocenters. The molecule has 0 aliphatic carbocycles. The largest absolute Gasteiger partial charge is 0.350 e. The summed E-state index contributed by atoms with van der Waals surface area (Å²) < 4.78 is 30.1. The normalized spacial score (nSPS) is 12.3. The van der Waals surface area contributed by atoms with Crippen molar-refractivity contribution in [1.82, 2.24) is 10.2 Å². The molecule has 0 spiro atoms. The third kappa shape index (κ3) is 9.35. The lowest BCUT2D eigenvalue weighted by molar-refractivity contribution is -0.140. The summed E-state index contributed by atoms with van der Waals surface area (Å²) >= 11 is 15.9. The molecule has 0 bridgehead atoms. The van der Waals surface area contributed by atoms with Crippen molar-refractivity contribution in [3.63, 3.8) is 0 Å². The molecule has 4 rings (SSSR count). The predicted octanol–water partition coefficient (Wildman–Crippen LogP) is 7.81. The Bertz CT molecular complexity index is 1780. The Balaban J connectivity index is 1.83. The first kappa shape index (κ1) is 35.5. The van der Waals surface area contributed by atoms with Crippen molar-refractivity contribution in [3.05, 3.63) is 128 Å². The number of carbonyl (C=O) groups is 2. The number of nitrogens with one attached hydrogen (secondary N) is 1. The van der Waals surface area contributed by atoms with Gasteiger partial charge in [0.1, 0.15) is 12.6 Å². The first-order valence-corrected chi connectivity index (χ1v) is 17.6. The van der Waals surface area contributed by atoms with Crippen molar-refractivity contribution >= 4 is 66.7 Å². The number of aryl methyl sites for hydroxylation is 1. The lowest BCUT2D eigenvalue weighted by atomic mass is 10.0. The van der Waals surface area contributed by atoms with E-state index in [1.54, 1.807) is 54.6 Å². The third-order valence-electron chi connectivity index (χ3n) is 7.11. The van der Waals surface area contributed by atoms with E-state index in [-0.39, 0.29) is 23.8 Å². The lowest BCUT2D eigenvalue weighted by Crippen LogP contribution is -2.56. The van der Waals surface area contributed by atoms with Crippen LogP contribution >= 0.6 is 39.1 Å². The lowest BCUT2D eigenvalue weighted by Gasteiger charge is -2.35. The molecule has 7 nitrogen and oxygen atoms in total. The molecule has 11 heteroatoms. The van der Waals surface area contributed by atoms with Crippen molar-refractivity contribution in [2.75, 3.05) is 10.8 Å². The fourth-order valence-electron chi connectivity index (χ4n) is 4.82. The highest BCUT2D eigenvalue weighted by Crippen LogP contribution is 2.28. The average Bonchev–Trinajstić information content (AvgIpc) is 2.99. The molecule has 1 N–H and O–H groups in total. The van der Waals surface area contributed by atoms with Gasteiger partial charge in [-0.25, -0.2) is 8.42 Å². The zero-order valence-corrected chi connectivity index (χ0v) is 29.9. The summed E-state index contributed by atoms with van der Waals surface area (Å²) in [7, 11) is -4.20. The van der Waals surface area contributed by atoms with Gasteiger partial charge in [-0.1, -0.05) is 93.2 Å². The first-order valence-electron chi connectivity index (χ1n) is 14.6. The molecule has 0 fully saturated rings. The summed E-state index contributed by atoms with van der Waals surface area (Å²) in [6, 6.07) is 26.5. The molecule has 0 saturated carbocycles. The highest BCUT2D eigenvalue weighted by atomic mass is 79.9. The number of carbonyl (C=O) groups excluding carboxylic acids is 2. The molecular weight excluding hydrogens is 709 g/mol. The van der Waals surface area contributed by atoms with E-state index in [2.05, 4.69) is 21.2 Å². The van der Waals surface area contributed by atoms with Gasteiger partial charge in [0.25, 0.3) is 10.0 Å². The Morgan fingerprint density at radius 3 is 2.07 bits per heavy atom. The van der Waals surface area contributed by atoms with E-state index in [1.807, 2.05) is 58.0 Å². The van der Waals surface area contributed by atoms with E-state index in [4.69, 9.17) is 23.2 Å². The molecule has 0 saturated heterocycles. The maximum absolute atomic E-state index is 14.6. The number of amides is 2. The Kier molecular flexibility index (Phi) is 11.6. The Morgan fingerprint density at radius 2 is 1.48 bits per heavy atom. The van der Waals surface area contributed by atoms with Crippen LogP contribution in [0.15, 0.2) is 106 Å².